The fourth-order valence-electron chi connectivity index (χ4n) is 3.96. The molecule has 2 fully saturated rings. The molecule has 0 aromatic rings. The maximum atomic E-state index is 11.1. The van der Waals surface area contributed by atoms with E-state index in [9.17, 15) is 8.42 Å². The van der Waals surface area contributed by atoms with Crippen molar-refractivity contribution in [2.45, 2.75) is 47.0 Å². The maximum absolute atomic E-state index is 11.1. The van der Waals surface area contributed by atoms with Gasteiger partial charge in [0.05, 0.1) is 13.2 Å². The van der Waals surface area contributed by atoms with Crippen molar-refractivity contribution in [1.29, 1.82) is 0 Å². The van der Waals surface area contributed by atoms with Gasteiger partial charge in [-0.25, -0.2) is 8.37 Å². The predicted octanol–water partition coefficient (Wildman–Crippen LogP) is 2.75. The largest absolute Gasteiger partial charge is 0.399 e. The summed E-state index contributed by atoms with van der Waals surface area (Å²) >= 11 is 0. The van der Waals surface area contributed by atoms with Crippen molar-refractivity contribution >= 4 is 10.4 Å². The lowest BCUT2D eigenvalue weighted by atomic mass is 9.59. The zero-order valence-corrected chi connectivity index (χ0v) is 12.5. The average Bonchev–Trinajstić information content (AvgIpc) is 2.12. The Balaban J connectivity index is 2.05. The second-order valence-electron chi connectivity index (χ2n) is 7.41. The summed E-state index contributed by atoms with van der Waals surface area (Å²) in [6.45, 7) is 9.73. The summed E-state index contributed by atoms with van der Waals surface area (Å²) in [7, 11) is -3.71. The first-order chi connectivity index (χ1) is 8.09. The van der Waals surface area contributed by atoms with Crippen molar-refractivity contribution in [3.63, 3.8) is 0 Å². The highest BCUT2D eigenvalue weighted by Crippen LogP contribution is 2.50. The van der Waals surface area contributed by atoms with Gasteiger partial charge in [-0.15, -0.1) is 0 Å². The summed E-state index contributed by atoms with van der Waals surface area (Å²) in [5.41, 5.74) is 0.617. The SMILES string of the molecule is CC1(C)CC(C2COS(=O)(=O)OC2)CC(C)(C)C1. The van der Waals surface area contributed by atoms with Crippen LogP contribution in [0.2, 0.25) is 0 Å². The number of hydrogen-bond donors (Lipinski definition) is 0. The van der Waals surface area contributed by atoms with Gasteiger partial charge in [0, 0.05) is 5.92 Å². The molecular formula is C13H24O4S. The molecule has 1 saturated heterocycles. The van der Waals surface area contributed by atoms with Gasteiger partial charge in [-0.2, -0.15) is 8.42 Å². The minimum Gasteiger partial charge on any atom is -0.248 e. The van der Waals surface area contributed by atoms with E-state index in [2.05, 4.69) is 27.7 Å². The zero-order valence-electron chi connectivity index (χ0n) is 11.7. The van der Waals surface area contributed by atoms with Crippen molar-refractivity contribution < 1.29 is 16.8 Å². The minimum absolute atomic E-state index is 0.201. The molecule has 1 aliphatic carbocycles. The summed E-state index contributed by atoms with van der Waals surface area (Å²) in [6.07, 6.45) is 3.45. The molecule has 0 atom stereocenters. The Morgan fingerprint density at radius 3 is 1.78 bits per heavy atom. The van der Waals surface area contributed by atoms with E-state index in [1.54, 1.807) is 0 Å². The number of hydrogen-bond acceptors (Lipinski definition) is 4. The second kappa shape index (κ2) is 4.46. The highest BCUT2D eigenvalue weighted by atomic mass is 32.3. The van der Waals surface area contributed by atoms with Crippen LogP contribution < -0.4 is 0 Å². The molecule has 0 spiro atoms. The summed E-state index contributed by atoms with van der Waals surface area (Å²) < 4.78 is 31.8. The molecule has 2 aliphatic rings. The summed E-state index contributed by atoms with van der Waals surface area (Å²) in [4.78, 5) is 0. The van der Waals surface area contributed by atoms with Crippen LogP contribution in [0, 0.1) is 22.7 Å². The topological polar surface area (TPSA) is 52.6 Å². The first-order valence-corrected chi connectivity index (χ1v) is 7.96. The minimum atomic E-state index is -3.71. The molecule has 0 amide bonds. The standard InChI is InChI=1S/C13H24O4S/c1-12(2)5-10(6-13(3,4)9-12)11-7-16-18(14,15)17-8-11/h10-11H,5-9H2,1-4H3. The van der Waals surface area contributed by atoms with E-state index in [-0.39, 0.29) is 19.1 Å². The summed E-state index contributed by atoms with van der Waals surface area (Å²) in [5.74, 6) is 0.687. The van der Waals surface area contributed by atoms with Gasteiger partial charge in [0.15, 0.2) is 0 Å². The van der Waals surface area contributed by atoms with Gasteiger partial charge >= 0.3 is 10.4 Å². The van der Waals surface area contributed by atoms with Crippen molar-refractivity contribution in [2.75, 3.05) is 13.2 Å². The highest BCUT2D eigenvalue weighted by Gasteiger charge is 2.43. The van der Waals surface area contributed by atoms with Crippen LogP contribution in [-0.4, -0.2) is 21.6 Å². The molecule has 0 radical (unpaired) electrons. The van der Waals surface area contributed by atoms with Crippen LogP contribution in [0.25, 0.3) is 0 Å². The molecule has 4 nitrogen and oxygen atoms in total. The third kappa shape index (κ3) is 3.45. The predicted molar refractivity (Wildman–Crippen MR) is 69.2 cm³/mol. The normalized spacial score (nSPS) is 32.2. The van der Waals surface area contributed by atoms with Crippen molar-refractivity contribution in [1.82, 2.24) is 0 Å². The van der Waals surface area contributed by atoms with Gasteiger partial charge in [0.1, 0.15) is 0 Å². The summed E-state index contributed by atoms with van der Waals surface area (Å²) in [5, 5.41) is 0. The Morgan fingerprint density at radius 2 is 1.33 bits per heavy atom. The van der Waals surface area contributed by atoms with Gasteiger partial charge in [0.25, 0.3) is 0 Å². The Labute approximate surface area is 110 Å². The molecule has 0 N–H and O–H groups in total. The second-order valence-corrected chi connectivity index (χ2v) is 8.70. The molecule has 0 bridgehead atoms. The zero-order chi connectivity index (χ0) is 13.6. The van der Waals surface area contributed by atoms with Crippen LogP contribution in [0.4, 0.5) is 0 Å². The lowest BCUT2D eigenvalue weighted by Gasteiger charge is -2.47. The molecule has 18 heavy (non-hydrogen) atoms. The quantitative estimate of drug-likeness (QED) is 0.739. The molecule has 0 aromatic carbocycles. The molecular weight excluding hydrogens is 252 g/mol. The van der Waals surface area contributed by atoms with Crippen LogP contribution in [-0.2, 0) is 18.8 Å². The molecule has 1 heterocycles. The van der Waals surface area contributed by atoms with Gasteiger partial charge in [-0.1, -0.05) is 27.7 Å². The molecule has 2 rings (SSSR count). The van der Waals surface area contributed by atoms with Crippen molar-refractivity contribution in [2.24, 2.45) is 22.7 Å². The van der Waals surface area contributed by atoms with Gasteiger partial charge in [-0.05, 0) is 36.0 Å². The van der Waals surface area contributed by atoms with Crippen LogP contribution in [0.1, 0.15) is 47.0 Å². The molecule has 1 aliphatic heterocycles. The van der Waals surface area contributed by atoms with E-state index in [0.29, 0.717) is 16.7 Å². The fraction of sp³-hybridized carbons (Fsp3) is 1.00. The van der Waals surface area contributed by atoms with Crippen molar-refractivity contribution in [3.05, 3.63) is 0 Å². The van der Waals surface area contributed by atoms with Crippen LogP contribution in [0.5, 0.6) is 0 Å². The van der Waals surface area contributed by atoms with E-state index in [1.807, 2.05) is 0 Å². The van der Waals surface area contributed by atoms with E-state index in [0.717, 1.165) is 12.8 Å². The van der Waals surface area contributed by atoms with E-state index >= 15 is 0 Å². The Bertz CT molecular complexity index is 381. The number of rotatable bonds is 1. The third-order valence-corrected chi connectivity index (χ3v) is 4.96. The van der Waals surface area contributed by atoms with E-state index < -0.39 is 10.4 Å². The molecule has 0 aromatic heterocycles. The summed E-state index contributed by atoms with van der Waals surface area (Å²) in [6, 6.07) is 0. The highest BCUT2D eigenvalue weighted by molar-refractivity contribution is 7.81. The first kappa shape index (κ1) is 14.3. The maximum Gasteiger partial charge on any atom is 0.399 e. The third-order valence-electron chi connectivity index (χ3n) is 4.11. The van der Waals surface area contributed by atoms with Gasteiger partial charge < -0.3 is 0 Å². The van der Waals surface area contributed by atoms with Crippen LogP contribution in [0.15, 0.2) is 0 Å². The monoisotopic (exact) mass is 276 g/mol. The Kier molecular flexibility index (Phi) is 3.54. The molecule has 5 heteroatoms. The molecule has 0 unspecified atom stereocenters. The Hall–Kier alpha value is -0.130. The first-order valence-electron chi connectivity index (χ1n) is 6.62. The average molecular weight is 276 g/mol. The molecule has 1 saturated carbocycles. The smallest absolute Gasteiger partial charge is 0.248 e. The van der Waals surface area contributed by atoms with E-state index in [1.165, 1.54) is 6.42 Å². The van der Waals surface area contributed by atoms with Crippen LogP contribution in [0.3, 0.4) is 0 Å². The van der Waals surface area contributed by atoms with E-state index in [4.69, 9.17) is 8.37 Å². The van der Waals surface area contributed by atoms with Crippen LogP contribution >= 0.6 is 0 Å². The lowest BCUT2D eigenvalue weighted by molar-refractivity contribution is -0.00591. The molecule has 106 valence electrons. The van der Waals surface area contributed by atoms with Gasteiger partial charge in [-0.3, -0.25) is 0 Å². The lowest BCUT2D eigenvalue weighted by Crippen LogP contribution is -2.41. The van der Waals surface area contributed by atoms with Crippen molar-refractivity contribution in [3.8, 4) is 0 Å². The fourth-order valence-corrected chi connectivity index (χ4v) is 4.71. The van der Waals surface area contributed by atoms with Gasteiger partial charge in [0.2, 0.25) is 0 Å². The Morgan fingerprint density at radius 1 is 0.889 bits per heavy atom.